The average Bonchev–Trinajstić information content (AvgIpc) is 2.58. The van der Waals surface area contributed by atoms with Crippen LogP contribution >= 0.6 is 0 Å². The van der Waals surface area contributed by atoms with Gasteiger partial charge in [0.15, 0.2) is 0 Å². The maximum Gasteiger partial charge on any atom is 0.272 e. The normalized spacial score (nSPS) is 11.8. The summed E-state index contributed by atoms with van der Waals surface area (Å²) in [6, 6.07) is 10.2. The van der Waals surface area contributed by atoms with Crippen LogP contribution in [0.2, 0.25) is 0 Å². The fraction of sp³-hybridized carbons (Fsp3) is 0.389. The Morgan fingerprint density at radius 1 is 1.21 bits per heavy atom. The van der Waals surface area contributed by atoms with E-state index in [2.05, 4.69) is 10.4 Å². The summed E-state index contributed by atoms with van der Waals surface area (Å²) >= 11 is 0. The summed E-state index contributed by atoms with van der Waals surface area (Å²) in [7, 11) is 0. The van der Waals surface area contributed by atoms with Gasteiger partial charge in [-0.1, -0.05) is 19.1 Å². The number of hydrogen-bond acceptors (Lipinski definition) is 4. The van der Waals surface area contributed by atoms with E-state index in [1.165, 1.54) is 16.8 Å². The lowest BCUT2D eigenvalue weighted by Gasteiger charge is -2.15. The number of aryl methyl sites for hydroxylation is 1. The third-order valence-corrected chi connectivity index (χ3v) is 3.57. The van der Waals surface area contributed by atoms with Crippen LogP contribution in [0.1, 0.15) is 49.3 Å². The van der Waals surface area contributed by atoms with Gasteiger partial charge in [-0.05, 0) is 44.0 Å². The SMILES string of the molecule is CCCn1nc(C(=O)N[C@@H](C)c2ccc(OCC)cc2)ccc1=O. The van der Waals surface area contributed by atoms with E-state index in [1.807, 2.05) is 45.0 Å². The molecule has 0 spiro atoms. The number of amides is 1. The molecule has 0 fully saturated rings. The maximum atomic E-state index is 12.4. The first-order valence-corrected chi connectivity index (χ1v) is 8.17. The summed E-state index contributed by atoms with van der Waals surface area (Å²) in [5.74, 6) is 0.495. The fourth-order valence-electron chi connectivity index (χ4n) is 2.32. The second kappa shape index (κ2) is 8.29. The Labute approximate surface area is 141 Å². The molecule has 0 saturated carbocycles. The molecule has 2 rings (SSSR count). The van der Waals surface area contributed by atoms with Crippen molar-refractivity contribution in [2.45, 2.75) is 39.8 Å². The van der Waals surface area contributed by atoms with Crippen molar-refractivity contribution in [1.29, 1.82) is 0 Å². The van der Waals surface area contributed by atoms with Crippen molar-refractivity contribution in [2.75, 3.05) is 6.61 Å². The van der Waals surface area contributed by atoms with Crippen LogP contribution < -0.4 is 15.6 Å². The zero-order valence-corrected chi connectivity index (χ0v) is 14.3. The lowest BCUT2D eigenvalue weighted by Crippen LogP contribution is -2.31. The van der Waals surface area contributed by atoms with Crippen LogP contribution in [0, 0.1) is 0 Å². The minimum absolute atomic E-state index is 0.179. The van der Waals surface area contributed by atoms with Gasteiger partial charge in [0.25, 0.3) is 11.5 Å². The van der Waals surface area contributed by atoms with Crippen LogP contribution in [-0.2, 0) is 6.54 Å². The quantitative estimate of drug-likeness (QED) is 0.847. The summed E-state index contributed by atoms with van der Waals surface area (Å²) in [5.41, 5.74) is 1.00. The van der Waals surface area contributed by atoms with Gasteiger partial charge in [0.05, 0.1) is 12.6 Å². The number of rotatable bonds is 7. The van der Waals surface area contributed by atoms with Gasteiger partial charge in [-0.2, -0.15) is 5.10 Å². The molecule has 24 heavy (non-hydrogen) atoms. The van der Waals surface area contributed by atoms with Crippen LogP contribution in [0.15, 0.2) is 41.2 Å². The molecule has 1 aromatic carbocycles. The number of nitrogens with one attached hydrogen (secondary N) is 1. The number of carbonyl (C=O) groups is 1. The molecule has 0 radical (unpaired) electrons. The molecule has 1 amide bonds. The summed E-state index contributed by atoms with van der Waals surface area (Å²) < 4.78 is 6.72. The standard InChI is InChI=1S/C18H23N3O3/c1-4-12-21-17(22)11-10-16(20-21)18(23)19-13(3)14-6-8-15(9-7-14)24-5-2/h6-11,13H,4-5,12H2,1-3H3,(H,19,23)/t13-/m0/s1. The van der Waals surface area contributed by atoms with E-state index in [9.17, 15) is 9.59 Å². The van der Waals surface area contributed by atoms with Gasteiger partial charge in [-0.15, -0.1) is 0 Å². The first-order valence-electron chi connectivity index (χ1n) is 8.17. The number of aromatic nitrogens is 2. The van der Waals surface area contributed by atoms with Crippen LogP contribution in [0.5, 0.6) is 5.75 Å². The van der Waals surface area contributed by atoms with Gasteiger partial charge < -0.3 is 10.1 Å². The Kier molecular flexibility index (Phi) is 6.12. The molecule has 2 aromatic rings. The molecule has 0 unspecified atom stereocenters. The predicted octanol–water partition coefficient (Wildman–Crippen LogP) is 2.54. The van der Waals surface area contributed by atoms with Crippen LogP contribution in [-0.4, -0.2) is 22.3 Å². The van der Waals surface area contributed by atoms with Crippen molar-refractivity contribution in [3.63, 3.8) is 0 Å². The number of benzene rings is 1. The van der Waals surface area contributed by atoms with E-state index >= 15 is 0 Å². The zero-order valence-electron chi connectivity index (χ0n) is 14.3. The number of hydrogen-bond donors (Lipinski definition) is 1. The van der Waals surface area contributed by atoms with E-state index in [0.29, 0.717) is 13.2 Å². The van der Waals surface area contributed by atoms with Gasteiger partial charge >= 0.3 is 0 Å². The molecule has 128 valence electrons. The van der Waals surface area contributed by atoms with Crippen molar-refractivity contribution in [1.82, 2.24) is 15.1 Å². The molecule has 6 heteroatoms. The highest BCUT2D eigenvalue weighted by atomic mass is 16.5. The molecule has 6 nitrogen and oxygen atoms in total. The third kappa shape index (κ3) is 4.44. The highest BCUT2D eigenvalue weighted by Crippen LogP contribution is 2.17. The molecule has 1 N–H and O–H groups in total. The van der Waals surface area contributed by atoms with Gasteiger partial charge in [0.2, 0.25) is 0 Å². The fourth-order valence-corrected chi connectivity index (χ4v) is 2.32. The average molecular weight is 329 g/mol. The van der Waals surface area contributed by atoms with E-state index in [-0.39, 0.29) is 23.2 Å². The highest BCUT2D eigenvalue weighted by Gasteiger charge is 2.14. The van der Waals surface area contributed by atoms with E-state index in [4.69, 9.17) is 4.74 Å². The molecule has 0 aliphatic rings. The van der Waals surface area contributed by atoms with Gasteiger partial charge in [-0.25, -0.2) is 4.68 Å². The Hall–Kier alpha value is -2.63. The predicted molar refractivity (Wildman–Crippen MR) is 92.3 cm³/mol. The molecular formula is C18H23N3O3. The molecule has 1 heterocycles. The monoisotopic (exact) mass is 329 g/mol. The highest BCUT2D eigenvalue weighted by molar-refractivity contribution is 5.92. The van der Waals surface area contributed by atoms with Crippen molar-refractivity contribution >= 4 is 5.91 Å². The second-order valence-electron chi connectivity index (χ2n) is 5.48. The first kappa shape index (κ1) is 17.7. The summed E-state index contributed by atoms with van der Waals surface area (Å²) in [6.45, 7) is 6.89. The number of ether oxygens (including phenoxy) is 1. The molecule has 1 atom stereocenters. The van der Waals surface area contributed by atoms with Crippen LogP contribution in [0.25, 0.3) is 0 Å². The maximum absolute atomic E-state index is 12.4. The van der Waals surface area contributed by atoms with Crippen LogP contribution in [0.4, 0.5) is 0 Å². The molecule has 0 aliphatic heterocycles. The summed E-state index contributed by atoms with van der Waals surface area (Å²) in [6.07, 6.45) is 0.778. The Morgan fingerprint density at radius 2 is 1.92 bits per heavy atom. The van der Waals surface area contributed by atoms with Crippen molar-refractivity contribution in [2.24, 2.45) is 0 Å². The first-order chi connectivity index (χ1) is 11.5. The zero-order chi connectivity index (χ0) is 17.5. The lowest BCUT2D eigenvalue weighted by molar-refractivity contribution is 0.0932. The minimum atomic E-state index is -0.304. The van der Waals surface area contributed by atoms with E-state index < -0.39 is 0 Å². The Morgan fingerprint density at radius 3 is 2.54 bits per heavy atom. The van der Waals surface area contributed by atoms with Gasteiger partial charge in [-0.3, -0.25) is 9.59 Å². The Bertz CT molecular complexity index is 738. The molecule has 0 saturated heterocycles. The van der Waals surface area contributed by atoms with Crippen molar-refractivity contribution in [3.05, 3.63) is 58.0 Å². The number of nitrogens with zero attached hydrogens (tertiary/aromatic N) is 2. The van der Waals surface area contributed by atoms with E-state index in [0.717, 1.165) is 17.7 Å². The topological polar surface area (TPSA) is 73.2 Å². The smallest absolute Gasteiger partial charge is 0.272 e. The molecular weight excluding hydrogens is 306 g/mol. The van der Waals surface area contributed by atoms with Gasteiger partial charge in [0, 0.05) is 12.6 Å². The summed E-state index contributed by atoms with van der Waals surface area (Å²) in [4.78, 5) is 24.0. The number of carbonyl (C=O) groups excluding carboxylic acids is 1. The van der Waals surface area contributed by atoms with Gasteiger partial charge in [0.1, 0.15) is 11.4 Å². The van der Waals surface area contributed by atoms with Crippen LogP contribution in [0.3, 0.4) is 0 Å². The molecule has 0 bridgehead atoms. The minimum Gasteiger partial charge on any atom is -0.494 e. The Balaban J connectivity index is 2.08. The largest absolute Gasteiger partial charge is 0.494 e. The van der Waals surface area contributed by atoms with Crippen molar-refractivity contribution < 1.29 is 9.53 Å². The summed E-state index contributed by atoms with van der Waals surface area (Å²) in [5, 5.41) is 7.01. The van der Waals surface area contributed by atoms with Crippen molar-refractivity contribution in [3.8, 4) is 5.75 Å². The lowest BCUT2D eigenvalue weighted by atomic mass is 10.1. The van der Waals surface area contributed by atoms with E-state index in [1.54, 1.807) is 0 Å². The third-order valence-electron chi connectivity index (χ3n) is 3.57. The molecule has 0 aliphatic carbocycles. The second-order valence-corrected chi connectivity index (χ2v) is 5.48. The molecule has 1 aromatic heterocycles.